The molecule has 0 aromatic heterocycles. The van der Waals surface area contributed by atoms with Crippen LogP contribution in [-0.4, -0.2) is 60.5 Å². The summed E-state index contributed by atoms with van der Waals surface area (Å²) in [5.41, 5.74) is 0. The zero-order valence-electron chi connectivity index (χ0n) is 9.37. The summed E-state index contributed by atoms with van der Waals surface area (Å²) in [6.07, 6.45) is 0.545. The van der Waals surface area contributed by atoms with Gasteiger partial charge in [0.15, 0.2) is 0 Å². The van der Waals surface area contributed by atoms with Crippen molar-refractivity contribution in [1.29, 1.82) is 0 Å². The van der Waals surface area contributed by atoms with Crippen LogP contribution in [-0.2, 0) is 0 Å². The Balaban J connectivity index is 3.32. The smallest absolute Gasteiger partial charge is 0.0894 e. The molecule has 0 saturated carbocycles. The van der Waals surface area contributed by atoms with Gasteiger partial charge in [0.25, 0.3) is 0 Å². The second-order valence-corrected chi connectivity index (χ2v) is 3.47. The highest BCUT2D eigenvalue weighted by molar-refractivity contribution is 4.60. The summed E-state index contributed by atoms with van der Waals surface area (Å²) in [6.45, 7) is 8.69. The summed E-state index contributed by atoms with van der Waals surface area (Å²) in [5, 5.41) is 20.7. The number of nitrogens with zero attached hydrogens (tertiary/aromatic N) is 1. The highest BCUT2D eigenvalue weighted by Gasteiger charge is 2.02. The lowest BCUT2D eigenvalue weighted by Gasteiger charge is -2.19. The van der Waals surface area contributed by atoms with Crippen LogP contribution in [0.15, 0.2) is 0 Å². The maximum Gasteiger partial charge on any atom is 0.0894 e. The number of aliphatic hydroxyl groups excluding tert-OH is 2. The third kappa shape index (κ3) is 7.26. The fraction of sp³-hybridized carbons (Fsp3) is 1.00. The molecule has 3 N–H and O–H groups in total. The Morgan fingerprint density at radius 2 is 2.00 bits per heavy atom. The first-order chi connectivity index (χ1) is 6.74. The zero-order valence-corrected chi connectivity index (χ0v) is 9.37. The largest absolute Gasteiger partial charge is 0.394 e. The number of hydrogen-bond acceptors (Lipinski definition) is 4. The minimum Gasteiger partial charge on any atom is -0.394 e. The Morgan fingerprint density at radius 1 is 1.29 bits per heavy atom. The summed E-state index contributed by atoms with van der Waals surface area (Å²) in [4.78, 5) is 2.36. The molecule has 0 aliphatic heterocycles. The fourth-order valence-electron chi connectivity index (χ4n) is 1.31. The molecule has 0 saturated heterocycles. The molecule has 0 spiro atoms. The zero-order chi connectivity index (χ0) is 10.8. The molecule has 4 heteroatoms. The van der Waals surface area contributed by atoms with Crippen molar-refractivity contribution in [1.82, 2.24) is 10.2 Å². The SMILES string of the molecule is CCCN(CC)CCNCC(O)CO. The topological polar surface area (TPSA) is 55.7 Å². The molecule has 1 atom stereocenters. The van der Waals surface area contributed by atoms with Crippen LogP contribution in [0.25, 0.3) is 0 Å². The summed E-state index contributed by atoms with van der Waals surface area (Å²) < 4.78 is 0. The Bertz CT molecular complexity index is 123. The first kappa shape index (κ1) is 13.8. The third-order valence-corrected chi connectivity index (χ3v) is 2.18. The molecule has 0 rings (SSSR count). The van der Waals surface area contributed by atoms with Crippen molar-refractivity contribution >= 4 is 0 Å². The maximum atomic E-state index is 9.06. The number of aliphatic hydroxyl groups is 2. The minimum atomic E-state index is -0.628. The van der Waals surface area contributed by atoms with E-state index in [1.54, 1.807) is 0 Å². The lowest BCUT2D eigenvalue weighted by Crippen LogP contribution is -2.36. The van der Waals surface area contributed by atoms with Gasteiger partial charge in [0, 0.05) is 19.6 Å². The molecule has 0 aromatic carbocycles. The van der Waals surface area contributed by atoms with Crippen molar-refractivity contribution in [3.05, 3.63) is 0 Å². The van der Waals surface area contributed by atoms with Crippen LogP contribution in [0.3, 0.4) is 0 Å². The van der Waals surface area contributed by atoms with E-state index in [1.165, 1.54) is 6.42 Å². The van der Waals surface area contributed by atoms with Gasteiger partial charge in [-0.3, -0.25) is 0 Å². The van der Waals surface area contributed by atoms with Gasteiger partial charge in [-0.05, 0) is 19.5 Å². The average molecular weight is 204 g/mol. The Kier molecular flexibility index (Phi) is 9.29. The second kappa shape index (κ2) is 9.40. The maximum absolute atomic E-state index is 9.06. The van der Waals surface area contributed by atoms with Crippen LogP contribution in [0, 0.1) is 0 Å². The minimum absolute atomic E-state index is 0.167. The van der Waals surface area contributed by atoms with Gasteiger partial charge in [0.1, 0.15) is 0 Å². The van der Waals surface area contributed by atoms with Crippen LogP contribution >= 0.6 is 0 Å². The molecular weight excluding hydrogens is 180 g/mol. The third-order valence-electron chi connectivity index (χ3n) is 2.18. The van der Waals surface area contributed by atoms with Gasteiger partial charge < -0.3 is 20.4 Å². The van der Waals surface area contributed by atoms with E-state index < -0.39 is 6.10 Å². The van der Waals surface area contributed by atoms with Crippen molar-refractivity contribution in [2.24, 2.45) is 0 Å². The van der Waals surface area contributed by atoms with E-state index in [-0.39, 0.29) is 6.61 Å². The molecule has 0 aromatic rings. The van der Waals surface area contributed by atoms with Gasteiger partial charge in [0.2, 0.25) is 0 Å². The first-order valence-corrected chi connectivity index (χ1v) is 5.46. The van der Waals surface area contributed by atoms with E-state index in [4.69, 9.17) is 10.2 Å². The highest BCUT2D eigenvalue weighted by Crippen LogP contribution is 1.89. The molecule has 0 amide bonds. The molecule has 0 heterocycles. The van der Waals surface area contributed by atoms with Crippen LogP contribution in [0.1, 0.15) is 20.3 Å². The van der Waals surface area contributed by atoms with Crippen molar-refractivity contribution in [3.63, 3.8) is 0 Å². The number of rotatable bonds is 9. The van der Waals surface area contributed by atoms with Gasteiger partial charge in [0.05, 0.1) is 12.7 Å². The predicted octanol–water partition coefficient (Wildman–Crippen LogP) is -0.339. The van der Waals surface area contributed by atoms with Gasteiger partial charge >= 0.3 is 0 Å². The van der Waals surface area contributed by atoms with E-state index in [1.807, 2.05) is 0 Å². The van der Waals surface area contributed by atoms with Crippen LogP contribution in [0.2, 0.25) is 0 Å². The molecular formula is C10H24N2O2. The van der Waals surface area contributed by atoms with E-state index in [0.29, 0.717) is 6.54 Å². The highest BCUT2D eigenvalue weighted by atomic mass is 16.3. The van der Waals surface area contributed by atoms with E-state index in [0.717, 1.165) is 26.2 Å². The number of hydrogen-bond donors (Lipinski definition) is 3. The first-order valence-electron chi connectivity index (χ1n) is 5.46. The van der Waals surface area contributed by atoms with Gasteiger partial charge in [-0.15, -0.1) is 0 Å². The standard InChI is InChI=1S/C10H24N2O2/c1-3-6-12(4-2)7-5-11-8-10(14)9-13/h10-11,13-14H,3-9H2,1-2H3. The molecule has 4 nitrogen and oxygen atoms in total. The fourth-order valence-corrected chi connectivity index (χ4v) is 1.31. The Morgan fingerprint density at radius 3 is 2.50 bits per heavy atom. The molecule has 0 aliphatic carbocycles. The van der Waals surface area contributed by atoms with Crippen molar-refractivity contribution < 1.29 is 10.2 Å². The molecule has 0 radical (unpaired) electrons. The van der Waals surface area contributed by atoms with Gasteiger partial charge in [-0.25, -0.2) is 0 Å². The molecule has 86 valence electrons. The number of likely N-dealkylation sites (N-methyl/N-ethyl adjacent to an activating group) is 1. The van der Waals surface area contributed by atoms with Crippen molar-refractivity contribution in [2.45, 2.75) is 26.4 Å². The van der Waals surface area contributed by atoms with Gasteiger partial charge in [-0.2, -0.15) is 0 Å². The molecule has 1 unspecified atom stereocenters. The van der Waals surface area contributed by atoms with Crippen LogP contribution < -0.4 is 5.32 Å². The van der Waals surface area contributed by atoms with Gasteiger partial charge in [-0.1, -0.05) is 13.8 Å². The quantitative estimate of drug-likeness (QED) is 0.450. The number of nitrogens with one attached hydrogen (secondary N) is 1. The van der Waals surface area contributed by atoms with Crippen LogP contribution in [0.5, 0.6) is 0 Å². The van der Waals surface area contributed by atoms with E-state index in [2.05, 4.69) is 24.1 Å². The van der Waals surface area contributed by atoms with Crippen molar-refractivity contribution in [2.75, 3.05) is 39.3 Å². The second-order valence-electron chi connectivity index (χ2n) is 3.47. The summed E-state index contributed by atoms with van der Waals surface area (Å²) >= 11 is 0. The van der Waals surface area contributed by atoms with E-state index in [9.17, 15) is 0 Å². The summed E-state index contributed by atoms with van der Waals surface area (Å²) in [6, 6.07) is 0. The molecule has 14 heavy (non-hydrogen) atoms. The van der Waals surface area contributed by atoms with E-state index >= 15 is 0 Å². The van der Waals surface area contributed by atoms with Crippen LogP contribution in [0.4, 0.5) is 0 Å². The average Bonchev–Trinajstić information content (AvgIpc) is 2.22. The lowest BCUT2D eigenvalue weighted by molar-refractivity contribution is 0.0938. The lowest BCUT2D eigenvalue weighted by atomic mass is 10.3. The monoisotopic (exact) mass is 204 g/mol. The molecule has 0 bridgehead atoms. The Hall–Kier alpha value is -0.160. The predicted molar refractivity (Wildman–Crippen MR) is 58.4 cm³/mol. The normalized spacial score (nSPS) is 13.5. The van der Waals surface area contributed by atoms with Crippen molar-refractivity contribution in [3.8, 4) is 0 Å². The summed E-state index contributed by atoms with van der Waals surface area (Å²) in [5.74, 6) is 0. The molecule has 0 aliphatic rings. The Labute approximate surface area is 86.9 Å². The summed E-state index contributed by atoms with van der Waals surface area (Å²) in [7, 11) is 0. The molecule has 0 fully saturated rings.